The summed E-state index contributed by atoms with van der Waals surface area (Å²) in [6, 6.07) is 25.1. The molecule has 0 aromatic heterocycles. The molecule has 3 rings (SSSR count). The zero-order valence-electron chi connectivity index (χ0n) is 14.0. The molecule has 0 radical (unpaired) electrons. The van der Waals surface area contributed by atoms with Gasteiger partial charge in [0.05, 0.1) is 12.8 Å². The lowest BCUT2D eigenvalue weighted by molar-refractivity contribution is 0.252. The third-order valence-corrected chi connectivity index (χ3v) is 3.87. The minimum Gasteiger partial charge on any atom is -0.497 e. The fourth-order valence-corrected chi connectivity index (χ4v) is 2.55. The molecule has 25 heavy (non-hydrogen) atoms. The Labute approximate surface area is 147 Å². The molecule has 126 valence electrons. The molecular formula is C21H20N2O2. The van der Waals surface area contributed by atoms with E-state index in [0.717, 1.165) is 28.1 Å². The number of nitrogens with one attached hydrogen (secondary N) is 2. The first-order chi connectivity index (χ1) is 12.3. The highest BCUT2D eigenvalue weighted by molar-refractivity contribution is 5.94. The summed E-state index contributed by atoms with van der Waals surface area (Å²) in [5.41, 5.74) is 3.84. The molecule has 0 saturated heterocycles. The standard InChI is InChI=1S/C21H20N2O2/c1-25-18-13-11-16(12-14-18)15-22-21(24)23-20-10-6-5-9-19(20)17-7-3-2-4-8-17/h2-14H,15H2,1H3,(H2,22,23,24). The predicted octanol–water partition coefficient (Wildman–Crippen LogP) is 4.68. The number of amides is 2. The maximum absolute atomic E-state index is 12.2. The minimum atomic E-state index is -0.237. The van der Waals surface area contributed by atoms with Gasteiger partial charge in [0.25, 0.3) is 0 Å². The highest BCUT2D eigenvalue weighted by atomic mass is 16.5. The van der Waals surface area contributed by atoms with Crippen LogP contribution in [0.25, 0.3) is 11.1 Å². The van der Waals surface area contributed by atoms with E-state index in [9.17, 15) is 4.79 Å². The maximum atomic E-state index is 12.2. The Morgan fingerprint density at radius 3 is 2.28 bits per heavy atom. The highest BCUT2D eigenvalue weighted by Crippen LogP contribution is 2.27. The summed E-state index contributed by atoms with van der Waals surface area (Å²) in [6.45, 7) is 0.448. The van der Waals surface area contributed by atoms with Gasteiger partial charge in [-0.3, -0.25) is 0 Å². The van der Waals surface area contributed by atoms with Gasteiger partial charge in [-0.25, -0.2) is 4.79 Å². The number of rotatable bonds is 5. The number of para-hydroxylation sites is 1. The van der Waals surface area contributed by atoms with Crippen molar-refractivity contribution < 1.29 is 9.53 Å². The first kappa shape index (κ1) is 16.6. The van der Waals surface area contributed by atoms with Crippen molar-refractivity contribution in [2.75, 3.05) is 12.4 Å². The van der Waals surface area contributed by atoms with Gasteiger partial charge in [-0.1, -0.05) is 60.7 Å². The molecule has 0 heterocycles. The summed E-state index contributed by atoms with van der Waals surface area (Å²) < 4.78 is 5.13. The predicted molar refractivity (Wildman–Crippen MR) is 101 cm³/mol. The van der Waals surface area contributed by atoms with Crippen LogP contribution in [0.2, 0.25) is 0 Å². The van der Waals surface area contributed by atoms with Crippen molar-refractivity contribution >= 4 is 11.7 Å². The Kier molecular flexibility index (Phi) is 5.32. The van der Waals surface area contributed by atoms with E-state index < -0.39 is 0 Å². The fraction of sp³-hybridized carbons (Fsp3) is 0.0952. The lowest BCUT2D eigenvalue weighted by Crippen LogP contribution is -2.28. The SMILES string of the molecule is COc1ccc(CNC(=O)Nc2ccccc2-c2ccccc2)cc1. The van der Waals surface area contributed by atoms with Crippen molar-refractivity contribution in [3.63, 3.8) is 0 Å². The van der Waals surface area contributed by atoms with Crippen LogP contribution >= 0.6 is 0 Å². The summed E-state index contributed by atoms with van der Waals surface area (Å²) in [4.78, 5) is 12.2. The normalized spacial score (nSPS) is 10.1. The number of hydrogen-bond donors (Lipinski definition) is 2. The number of anilines is 1. The van der Waals surface area contributed by atoms with Crippen molar-refractivity contribution in [2.24, 2.45) is 0 Å². The third-order valence-electron chi connectivity index (χ3n) is 3.87. The number of carbonyl (C=O) groups is 1. The zero-order valence-corrected chi connectivity index (χ0v) is 14.0. The summed E-state index contributed by atoms with van der Waals surface area (Å²) in [7, 11) is 1.63. The minimum absolute atomic E-state index is 0.237. The topological polar surface area (TPSA) is 50.4 Å². The molecule has 4 heteroatoms. The first-order valence-corrected chi connectivity index (χ1v) is 8.08. The van der Waals surface area contributed by atoms with Gasteiger partial charge in [-0.15, -0.1) is 0 Å². The second-order valence-electron chi connectivity index (χ2n) is 5.57. The van der Waals surface area contributed by atoms with Gasteiger partial charge in [0.15, 0.2) is 0 Å². The van der Waals surface area contributed by atoms with Crippen LogP contribution in [0, 0.1) is 0 Å². The van der Waals surface area contributed by atoms with Crippen molar-refractivity contribution in [3.8, 4) is 16.9 Å². The lowest BCUT2D eigenvalue weighted by Gasteiger charge is -2.12. The monoisotopic (exact) mass is 332 g/mol. The molecular weight excluding hydrogens is 312 g/mol. The number of benzene rings is 3. The largest absolute Gasteiger partial charge is 0.497 e. The molecule has 0 aliphatic rings. The molecule has 3 aromatic rings. The number of methoxy groups -OCH3 is 1. The van der Waals surface area contributed by atoms with E-state index in [-0.39, 0.29) is 6.03 Å². The van der Waals surface area contributed by atoms with Crippen LogP contribution in [0.15, 0.2) is 78.9 Å². The molecule has 0 fully saturated rings. The first-order valence-electron chi connectivity index (χ1n) is 8.08. The van der Waals surface area contributed by atoms with Crippen LogP contribution in [0.5, 0.6) is 5.75 Å². The summed E-state index contributed by atoms with van der Waals surface area (Å²) in [6.07, 6.45) is 0. The number of ether oxygens (including phenoxy) is 1. The van der Waals surface area contributed by atoms with Crippen LogP contribution in [0.4, 0.5) is 10.5 Å². The van der Waals surface area contributed by atoms with E-state index in [1.54, 1.807) is 7.11 Å². The van der Waals surface area contributed by atoms with Gasteiger partial charge in [0, 0.05) is 12.1 Å². The van der Waals surface area contributed by atoms with Gasteiger partial charge >= 0.3 is 6.03 Å². The van der Waals surface area contributed by atoms with Crippen molar-refractivity contribution in [1.82, 2.24) is 5.32 Å². The quantitative estimate of drug-likeness (QED) is 0.712. The Hall–Kier alpha value is -3.27. The van der Waals surface area contributed by atoms with Crippen LogP contribution in [0.1, 0.15) is 5.56 Å². The number of hydrogen-bond acceptors (Lipinski definition) is 2. The Balaban J connectivity index is 1.65. The van der Waals surface area contributed by atoms with E-state index >= 15 is 0 Å². The molecule has 3 aromatic carbocycles. The van der Waals surface area contributed by atoms with Gasteiger partial charge < -0.3 is 15.4 Å². The van der Waals surface area contributed by atoms with Crippen LogP contribution in [-0.4, -0.2) is 13.1 Å². The van der Waals surface area contributed by atoms with Crippen LogP contribution in [-0.2, 0) is 6.54 Å². The van der Waals surface area contributed by atoms with E-state index in [2.05, 4.69) is 10.6 Å². The summed E-state index contributed by atoms with van der Waals surface area (Å²) in [5, 5.41) is 5.80. The molecule has 0 aliphatic carbocycles. The van der Waals surface area contributed by atoms with Crippen molar-refractivity contribution in [1.29, 1.82) is 0 Å². The van der Waals surface area contributed by atoms with Crippen molar-refractivity contribution in [2.45, 2.75) is 6.54 Å². The molecule has 0 unspecified atom stereocenters. The van der Waals surface area contributed by atoms with Gasteiger partial charge in [-0.2, -0.15) is 0 Å². The highest BCUT2D eigenvalue weighted by Gasteiger charge is 2.07. The van der Waals surface area contributed by atoms with E-state index in [1.165, 1.54) is 0 Å². The summed E-state index contributed by atoms with van der Waals surface area (Å²) in [5.74, 6) is 0.796. The Bertz CT molecular complexity index is 830. The Morgan fingerprint density at radius 2 is 1.56 bits per heavy atom. The van der Waals surface area contributed by atoms with Gasteiger partial charge in [-0.05, 0) is 29.3 Å². The van der Waals surface area contributed by atoms with E-state index in [0.29, 0.717) is 6.54 Å². The molecule has 4 nitrogen and oxygen atoms in total. The number of urea groups is 1. The van der Waals surface area contributed by atoms with Crippen LogP contribution < -0.4 is 15.4 Å². The molecule has 0 bridgehead atoms. The third kappa shape index (κ3) is 4.38. The molecule has 2 N–H and O–H groups in total. The molecule has 2 amide bonds. The molecule has 0 spiro atoms. The fourth-order valence-electron chi connectivity index (χ4n) is 2.55. The molecule has 0 atom stereocenters. The van der Waals surface area contributed by atoms with Gasteiger partial charge in [0.2, 0.25) is 0 Å². The number of carbonyl (C=O) groups excluding carboxylic acids is 1. The summed E-state index contributed by atoms with van der Waals surface area (Å²) >= 11 is 0. The molecule has 0 saturated carbocycles. The Morgan fingerprint density at radius 1 is 0.880 bits per heavy atom. The molecule has 0 aliphatic heterocycles. The average molecular weight is 332 g/mol. The van der Waals surface area contributed by atoms with Crippen molar-refractivity contribution in [3.05, 3.63) is 84.4 Å². The second kappa shape index (κ2) is 8.02. The smallest absolute Gasteiger partial charge is 0.319 e. The average Bonchev–Trinajstić information content (AvgIpc) is 2.68. The lowest BCUT2D eigenvalue weighted by atomic mass is 10.0. The van der Waals surface area contributed by atoms with E-state index in [1.807, 2.05) is 78.9 Å². The van der Waals surface area contributed by atoms with Gasteiger partial charge in [0.1, 0.15) is 5.75 Å². The van der Waals surface area contributed by atoms with Crippen LogP contribution in [0.3, 0.4) is 0 Å². The zero-order chi connectivity index (χ0) is 17.5. The second-order valence-corrected chi connectivity index (χ2v) is 5.57. The maximum Gasteiger partial charge on any atom is 0.319 e. The van der Waals surface area contributed by atoms with E-state index in [4.69, 9.17) is 4.74 Å².